The average Bonchev–Trinajstić information content (AvgIpc) is 2.92. The van der Waals surface area contributed by atoms with E-state index in [0.717, 1.165) is 12.8 Å². The predicted octanol–water partition coefficient (Wildman–Crippen LogP) is 11.8. The number of nitriles is 2. The minimum atomic E-state index is 0.588. The van der Waals surface area contributed by atoms with Crippen molar-refractivity contribution in [3.8, 4) is 12.4 Å². The van der Waals surface area contributed by atoms with Crippen LogP contribution < -0.4 is 0 Å². The Bertz CT molecular complexity index is 499. The van der Waals surface area contributed by atoms with Crippen molar-refractivity contribution in [3.05, 3.63) is 0 Å². The van der Waals surface area contributed by atoms with Gasteiger partial charge in [0.25, 0.3) is 0 Å². The van der Waals surface area contributed by atoms with Crippen LogP contribution in [0.1, 0.15) is 194 Å². The Hall–Kier alpha value is -1.22. The molecule has 0 atom stereocenters. The minimum absolute atomic E-state index is 0.588. The fraction of sp³-hybridized carbons (Fsp3) is 0.941. The second-order valence-electron chi connectivity index (χ2n) is 11.9. The maximum Gasteiger partial charge on any atom is 0.193 e. The first-order valence-electron chi connectivity index (χ1n) is 16.7. The SMILES string of the molecule is CCCCCCC(CCCCCC)(CCCCCC)CCCCCCCCCCCCCN(C#N)C#N. The summed E-state index contributed by atoms with van der Waals surface area (Å²) < 4.78 is 0. The zero-order chi connectivity index (χ0) is 27.3. The number of nitrogens with zero attached hydrogens (tertiary/aromatic N) is 3. The molecular weight excluding hydrogens is 450 g/mol. The Morgan fingerprint density at radius 1 is 0.405 bits per heavy atom. The second-order valence-corrected chi connectivity index (χ2v) is 11.9. The van der Waals surface area contributed by atoms with E-state index < -0.39 is 0 Å². The van der Waals surface area contributed by atoms with Crippen molar-refractivity contribution < 1.29 is 0 Å². The quantitative estimate of drug-likeness (QED) is 0.0565. The van der Waals surface area contributed by atoms with Crippen molar-refractivity contribution in [2.75, 3.05) is 6.54 Å². The summed E-state index contributed by atoms with van der Waals surface area (Å²) >= 11 is 0. The molecule has 0 bridgehead atoms. The number of unbranched alkanes of at least 4 members (excludes halogenated alkanes) is 19. The Balaban J connectivity index is 4.23. The molecule has 0 unspecified atom stereocenters. The van der Waals surface area contributed by atoms with Gasteiger partial charge in [-0.1, -0.05) is 162 Å². The third-order valence-corrected chi connectivity index (χ3v) is 8.51. The van der Waals surface area contributed by atoms with E-state index in [2.05, 4.69) is 20.8 Å². The molecular formula is C34H65N3. The highest BCUT2D eigenvalue weighted by Crippen LogP contribution is 2.42. The molecule has 3 nitrogen and oxygen atoms in total. The summed E-state index contributed by atoms with van der Waals surface area (Å²) in [6.07, 6.45) is 41.3. The zero-order valence-electron chi connectivity index (χ0n) is 25.6. The standard InChI is InChI=1S/C34H65N3/c1-4-7-10-22-27-34(28-23-11-8-5-2,29-24-12-9-6-3)30-25-20-18-16-14-13-15-17-19-21-26-31-37(32-35)33-36/h4-31H2,1-3H3. The number of rotatable bonds is 29. The molecule has 0 N–H and O–H groups in total. The van der Waals surface area contributed by atoms with Crippen molar-refractivity contribution in [1.29, 1.82) is 10.5 Å². The Morgan fingerprint density at radius 3 is 0.973 bits per heavy atom. The van der Waals surface area contributed by atoms with Crippen molar-refractivity contribution in [3.63, 3.8) is 0 Å². The topological polar surface area (TPSA) is 50.8 Å². The van der Waals surface area contributed by atoms with Gasteiger partial charge in [-0.3, -0.25) is 0 Å². The molecule has 0 aliphatic carbocycles. The van der Waals surface area contributed by atoms with Crippen LogP contribution in [0.5, 0.6) is 0 Å². The molecule has 0 rings (SSSR count). The lowest BCUT2D eigenvalue weighted by atomic mass is 9.70. The van der Waals surface area contributed by atoms with Crippen molar-refractivity contribution in [2.24, 2.45) is 5.41 Å². The highest BCUT2D eigenvalue weighted by Gasteiger charge is 2.28. The first-order valence-corrected chi connectivity index (χ1v) is 16.7. The summed E-state index contributed by atoms with van der Waals surface area (Å²) in [6.45, 7) is 7.61. The second kappa shape index (κ2) is 27.8. The van der Waals surface area contributed by atoms with Gasteiger partial charge in [0.15, 0.2) is 12.4 Å². The molecule has 0 saturated carbocycles. The van der Waals surface area contributed by atoms with Gasteiger partial charge in [0.2, 0.25) is 0 Å². The first-order chi connectivity index (χ1) is 18.2. The molecule has 0 fully saturated rings. The molecule has 0 aliphatic heterocycles. The van der Waals surface area contributed by atoms with Gasteiger partial charge in [-0.25, -0.2) is 4.90 Å². The zero-order valence-corrected chi connectivity index (χ0v) is 25.6. The maximum atomic E-state index is 8.75. The Kier molecular flexibility index (Phi) is 26.9. The monoisotopic (exact) mass is 516 g/mol. The number of hydrogen-bond acceptors (Lipinski definition) is 3. The Morgan fingerprint density at radius 2 is 0.676 bits per heavy atom. The maximum absolute atomic E-state index is 8.75. The van der Waals surface area contributed by atoms with Crippen LogP contribution in [0.15, 0.2) is 0 Å². The smallest absolute Gasteiger partial charge is 0.193 e. The van der Waals surface area contributed by atoms with Crippen molar-refractivity contribution >= 4 is 0 Å². The molecule has 0 aromatic heterocycles. The van der Waals surface area contributed by atoms with E-state index in [4.69, 9.17) is 10.5 Å². The van der Waals surface area contributed by atoms with Crippen molar-refractivity contribution in [1.82, 2.24) is 4.90 Å². The molecule has 0 amide bonds. The molecule has 0 saturated heterocycles. The summed E-state index contributed by atoms with van der Waals surface area (Å²) in [7, 11) is 0. The third-order valence-electron chi connectivity index (χ3n) is 8.51. The van der Waals surface area contributed by atoms with E-state index in [9.17, 15) is 0 Å². The van der Waals surface area contributed by atoms with E-state index in [1.165, 1.54) is 165 Å². The first kappa shape index (κ1) is 35.8. The van der Waals surface area contributed by atoms with E-state index in [-0.39, 0.29) is 0 Å². The van der Waals surface area contributed by atoms with E-state index in [1.807, 2.05) is 12.4 Å². The lowest BCUT2D eigenvalue weighted by Crippen LogP contribution is -2.21. The van der Waals surface area contributed by atoms with E-state index in [0.29, 0.717) is 12.0 Å². The normalized spacial score (nSPS) is 11.4. The molecule has 0 aromatic rings. The van der Waals surface area contributed by atoms with Gasteiger partial charge in [0.05, 0.1) is 0 Å². The van der Waals surface area contributed by atoms with Crippen LogP contribution in [-0.4, -0.2) is 11.4 Å². The summed E-state index contributed by atoms with van der Waals surface area (Å²) in [5.74, 6) is 0. The molecule has 3 heteroatoms. The Labute approximate surface area is 233 Å². The molecule has 0 spiro atoms. The van der Waals surface area contributed by atoms with E-state index in [1.54, 1.807) is 0 Å². The van der Waals surface area contributed by atoms with Crippen LogP contribution in [0.25, 0.3) is 0 Å². The fourth-order valence-electron chi connectivity index (χ4n) is 6.01. The molecule has 0 heterocycles. The van der Waals surface area contributed by atoms with Gasteiger partial charge in [-0.2, -0.15) is 10.5 Å². The summed E-state index contributed by atoms with van der Waals surface area (Å²) in [5, 5.41) is 17.5. The molecule has 216 valence electrons. The van der Waals surface area contributed by atoms with Crippen LogP contribution in [0.4, 0.5) is 0 Å². The lowest BCUT2D eigenvalue weighted by molar-refractivity contribution is 0.172. The van der Waals surface area contributed by atoms with E-state index >= 15 is 0 Å². The van der Waals surface area contributed by atoms with Crippen molar-refractivity contribution in [2.45, 2.75) is 194 Å². The fourth-order valence-corrected chi connectivity index (χ4v) is 6.01. The highest BCUT2D eigenvalue weighted by molar-refractivity contribution is 4.85. The van der Waals surface area contributed by atoms with Crippen LogP contribution in [0.2, 0.25) is 0 Å². The summed E-state index contributed by atoms with van der Waals surface area (Å²) in [5.41, 5.74) is 0.646. The summed E-state index contributed by atoms with van der Waals surface area (Å²) in [4.78, 5) is 1.18. The van der Waals surface area contributed by atoms with Crippen LogP contribution >= 0.6 is 0 Å². The van der Waals surface area contributed by atoms with Crippen LogP contribution in [0.3, 0.4) is 0 Å². The van der Waals surface area contributed by atoms with Gasteiger partial charge in [-0.05, 0) is 37.5 Å². The van der Waals surface area contributed by atoms with Crippen LogP contribution in [-0.2, 0) is 0 Å². The van der Waals surface area contributed by atoms with Gasteiger partial charge in [0, 0.05) is 6.54 Å². The average molecular weight is 516 g/mol. The highest BCUT2D eigenvalue weighted by atomic mass is 15.1. The molecule has 37 heavy (non-hydrogen) atoms. The molecule has 0 aliphatic rings. The minimum Gasteiger partial charge on any atom is -0.216 e. The van der Waals surface area contributed by atoms with Gasteiger partial charge >= 0.3 is 0 Å². The molecule has 0 radical (unpaired) electrons. The van der Waals surface area contributed by atoms with Gasteiger partial charge in [-0.15, -0.1) is 0 Å². The summed E-state index contributed by atoms with van der Waals surface area (Å²) in [6, 6.07) is 0. The van der Waals surface area contributed by atoms with Gasteiger partial charge in [0.1, 0.15) is 0 Å². The number of hydrogen-bond donors (Lipinski definition) is 0. The third kappa shape index (κ3) is 22.5. The predicted molar refractivity (Wildman–Crippen MR) is 162 cm³/mol. The lowest BCUT2D eigenvalue weighted by Gasteiger charge is -2.35. The largest absolute Gasteiger partial charge is 0.216 e. The van der Waals surface area contributed by atoms with Crippen LogP contribution in [0, 0.1) is 28.3 Å². The molecule has 0 aromatic carbocycles. The van der Waals surface area contributed by atoms with Gasteiger partial charge < -0.3 is 0 Å².